The van der Waals surface area contributed by atoms with Crippen LogP contribution in [0.2, 0.25) is 0 Å². The molecule has 2 N–H and O–H groups in total. The first-order valence-electron chi connectivity index (χ1n) is 10.8. The van der Waals surface area contributed by atoms with Gasteiger partial charge in [0.1, 0.15) is 0 Å². The van der Waals surface area contributed by atoms with Gasteiger partial charge in [-0.1, -0.05) is 64.9 Å². The van der Waals surface area contributed by atoms with Gasteiger partial charge in [0.15, 0.2) is 0 Å². The Bertz CT molecular complexity index is 596. The van der Waals surface area contributed by atoms with Crippen molar-refractivity contribution in [2.24, 2.45) is 0 Å². The Labute approximate surface area is 211 Å². The van der Waals surface area contributed by atoms with Crippen molar-refractivity contribution >= 4 is 20.5 Å². The Kier molecular flexibility index (Phi) is 23.2. The second-order valence-electron chi connectivity index (χ2n) is 7.36. The number of unbranched alkanes of at least 4 members (excludes halogenated alkanes) is 9. The minimum absolute atomic E-state index is 0. The summed E-state index contributed by atoms with van der Waals surface area (Å²) in [6.45, 7) is 6.03. The van der Waals surface area contributed by atoms with Crippen molar-refractivity contribution in [1.82, 2.24) is 4.90 Å². The Morgan fingerprint density at radius 3 is 1.97 bits per heavy atom. The quantitative estimate of drug-likeness (QED) is 0.132. The monoisotopic (exact) mass is 497 g/mol. The largest absolute Gasteiger partial charge is 1.00 e. The Morgan fingerprint density at radius 1 is 0.903 bits per heavy atom. The van der Waals surface area contributed by atoms with Gasteiger partial charge in [-0.05, 0) is 13.0 Å². The van der Waals surface area contributed by atoms with Crippen LogP contribution in [0, 0.1) is 6.42 Å². The Hall–Kier alpha value is 0.700. The van der Waals surface area contributed by atoms with Crippen LogP contribution in [0.15, 0.2) is 0 Å². The fourth-order valence-corrected chi connectivity index (χ4v) is 3.70. The van der Waals surface area contributed by atoms with E-state index in [0.29, 0.717) is 26.2 Å². The van der Waals surface area contributed by atoms with Crippen LogP contribution >= 0.6 is 0 Å². The fraction of sp³-hybridized carbons (Fsp3) is 0.947. The van der Waals surface area contributed by atoms with Gasteiger partial charge in [-0.15, -0.1) is 0 Å². The van der Waals surface area contributed by atoms with Gasteiger partial charge in [0.25, 0.3) is 10.1 Å². The third-order valence-electron chi connectivity index (χ3n) is 4.58. The molecule has 0 aromatic heterocycles. The molecular weight excluding hydrogens is 457 g/mol. The minimum atomic E-state index is -4.27. The number of rotatable bonds is 16. The zero-order valence-electron chi connectivity index (χ0n) is 19.2. The van der Waals surface area contributed by atoms with Gasteiger partial charge in [-0.3, -0.25) is 18.2 Å². The molecule has 0 spiro atoms. The molecule has 0 bridgehead atoms. The topological polar surface area (TPSA) is 130 Å². The molecule has 0 atom stereocenters. The molecule has 1 saturated heterocycles. The molecule has 0 amide bonds. The maximum absolute atomic E-state index is 10.4. The molecule has 0 radical (unpaired) electrons. The standard InChI is InChI=1S/C12H25O4S.C7H15NO4S.Na/c1-2-3-4-5-6-7-8-9-10-11-12-16-17(13,14)15;9-13(10,11)7-1-2-8-3-5-12-6-4-8;/h11H,2-10,12H2,1H3,(H,13,14,15);1-7H2,(H,9,10,11);/q-1;;+1. The zero-order valence-corrected chi connectivity index (χ0v) is 22.8. The van der Waals surface area contributed by atoms with Crippen LogP contribution in [0.5, 0.6) is 0 Å². The van der Waals surface area contributed by atoms with Crippen molar-refractivity contribution in [3.63, 3.8) is 0 Å². The maximum Gasteiger partial charge on any atom is 1.00 e. The predicted octanol–water partition coefficient (Wildman–Crippen LogP) is 0.141. The first-order valence-corrected chi connectivity index (χ1v) is 13.8. The van der Waals surface area contributed by atoms with E-state index in [1.54, 1.807) is 6.42 Å². The molecule has 0 saturated carbocycles. The van der Waals surface area contributed by atoms with Crippen LogP contribution in [-0.4, -0.2) is 76.0 Å². The van der Waals surface area contributed by atoms with Crippen LogP contribution in [-0.2, 0) is 29.4 Å². The molecule has 0 aromatic carbocycles. The molecule has 182 valence electrons. The van der Waals surface area contributed by atoms with E-state index in [1.165, 1.54) is 44.9 Å². The van der Waals surface area contributed by atoms with Crippen LogP contribution in [0.1, 0.15) is 71.1 Å². The number of ether oxygens (including phenoxy) is 1. The summed E-state index contributed by atoms with van der Waals surface area (Å²) in [6.07, 6.45) is 13.1. The summed E-state index contributed by atoms with van der Waals surface area (Å²) in [5.41, 5.74) is 0. The van der Waals surface area contributed by atoms with Crippen molar-refractivity contribution in [2.45, 2.75) is 71.1 Å². The first kappa shape index (κ1) is 33.9. The number of hydrogen-bond acceptors (Lipinski definition) is 7. The second-order valence-corrected chi connectivity index (χ2v) is 10.0. The molecule has 1 aliphatic rings. The van der Waals surface area contributed by atoms with E-state index in [2.05, 4.69) is 16.0 Å². The van der Waals surface area contributed by atoms with E-state index in [4.69, 9.17) is 13.8 Å². The van der Waals surface area contributed by atoms with E-state index >= 15 is 0 Å². The molecule has 0 aliphatic carbocycles. The van der Waals surface area contributed by atoms with E-state index in [1.807, 2.05) is 0 Å². The van der Waals surface area contributed by atoms with E-state index in [-0.39, 0.29) is 41.9 Å². The van der Waals surface area contributed by atoms with Gasteiger partial charge in [0.05, 0.1) is 19.0 Å². The van der Waals surface area contributed by atoms with E-state index in [9.17, 15) is 16.8 Å². The molecule has 0 aromatic rings. The second kappa shape index (κ2) is 21.2. The summed E-state index contributed by atoms with van der Waals surface area (Å²) < 4.78 is 67.3. The molecular formula is C19H40NNaO8S2. The van der Waals surface area contributed by atoms with E-state index < -0.39 is 20.5 Å². The average Bonchev–Trinajstić information content (AvgIpc) is 2.66. The normalized spacial score (nSPS) is 15.1. The summed E-state index contributed by atoms with van der Waals surface area (Å²) >= 11 is 0. The summed E-state index contributed by atoms with van der Waals surface area (Å²) in [5.74, 6) is -0.148. The molecule has 12 heteroatoms. The molecule has 1 heterocycles. The number of nitrogens with zero attached hydrogens (tertiary/aromatic N) is 1. The molecule has 1 rings (SSSR count). The van der Waals surface area contributed by atoms with Crippen LogP contribution < -0.4 is 29.6 Å². The van der Waals surface area contributed by atoms with Crippen molar-refractivity contribution in [3.05, 3.63) is 6.42 Å². The molecule has 1 fully saturated rings. The van der Waals surface area contributed by atoms with Crippen LogP contribution in [0.3, 0.4) is 0 Å². The molecule has 9 nitrogen and oxygen atoms in total. The SMILES string of the molecule is CCCCCCCCCC[CH-]COS(=O)(=O)O.O=S(=O)(O)CCCN1CCOCC1.[Na+]. The summed E-state index contributed by atoms with van der Waals surface area (Å²) in [5, 5.41) is 0. The van der Waals surface area contributed by atoms with Crippen molar-refractivity contribution < 1.29 is 64.4 Å². The van der Waals surface area contributed by atoms with Gasteiger partial charge < -0.3 is 11.2 Å². The third-order valence-corrected chi connectivity index (χ3v) is 5.82. The average molecular weight is 498 g/mol. The molecule has 0 unspecified atom stereocenters. The fourth-order valence-electron chi connectivity index (χ4n) is 2.94. The van der Waals surface area contributed by atoms with Gasteiger partial charge >= 0.3 is 40.0 Å². The summed E-state index contributed by atoms with van der Waals surface area (Å²) in [4.78, 5) is 2.13. The van der Waals surface area contributed by atoms with Crippen molar-refractivity contribution in [1.29, 1.82) is 0 Å². The molecule has 31 heavy (non-hydrogen) atoms. The van der Waals surface area contributed by atoms with Crippen molar-refractivity contribution in [3.8, 4) is 0 Å². The Morgan fingerprint density at radius 2 is 1.45 bits per heavy atom. The van der Waals surface area contributed by atoms with Crippen LogP contribution in [0.4, 0.5) is 0 Å². The summed E-state index contributed by atoms with van der Waals surface area (Å²) in [6, 6.07) is 0. The maximum atomic E-state index is 10.4. The number of hydrogen-bond donors (Lipinski definition) is 2. The zero-order chi connectivity index (χ0) is 22.7. The van der Waals surface area contributed by atoms with Crippen LogP contribution in [0.25, 0.3) is 0 Å². The van der Waals surface area contributed by atoms with Gasteiger partial charge in [-0.2, -0.15) is 23.3 Å². The Balaban J connectivity index is 0. The minimum Gasteiger partial charge on any atom is -0.379 e. The molecule has 1 aliphatic heterocycles. The smallest absolute Gasteiger partial charge is 0.379 e. The van der Waals surface area contributed by atoms with E-state index in [0.717, 1.165) is 25.9 Å². The van der Waals surface area contributed by atoms with Gasteiger partial charge in [0.2, 0.25) is 0 Å². The first-order chi connectivity index (χ1) is 14.1. The third kappa shape index (κ3) is 28.7. The van der Waals surface area contributed by atoms with Crippen molar-refractivity contribution in [2.75, 3.05) is 45.2 Å². The van der Waals surface area contributed by atoms with Gasteiger partial charge in [0, 0.05) is 13.1 Å². The van der Waals surface area contributed by atoms with Gasteiger partial charge in [-0.25, -0.2) is 0 Å². The summed E-state index contributed by atoms with van der Waals surface area (Å²) in [7, 11) is -8.05. The number of morpholine rings is 1. The predicted molar refractivity (Wildman–Crippen MR) is 117 cm³/mol.